The second-order valence-electron chi connectivity index (χ2n) is 6.98. The Kier molecular flexibility index (Phi) is 7.70. The van der Waals surface area contributed by atoms with Crippen molar-refractivity contribution in [2.45, 2.75) is 50.7 Å². The number of hydrogen-bond acceptors (Lipinski definition) is 3. The van der Waals surface area contributed by atoms with Gasteiger partial charge in [-0.15, -0.1) is 11.8 Å². The van der Waals surface area contributed by atoms with E-state index < -0.39 is 0 Å². The summed E-state index contributed by atoms with van der Waals surface area (Å²) >= 11 is 1.94. The molecule has 143 valence electrons. The van der Waals surface area contributed by atoms with Gasteiger partial charge in [-0.3, -0.25) is 0 Å². The lowest BCUT2D eigenvalue weighted by atomic mass is 9.91. The van der Waals surface area contributed by atoms with Crippen molar-refractivity contribution in [2.24, 2.45) is 5.92 Å². The fourth-order valence-corrected chi connectivity index (χ4v) is 4.12. The van der Waals surface area contributed by atoms with Crippen LogP contribution in [0.4, 0.5) is 0 Å². The number of thioether (sulfide) groups is 1. The van der Waals surface area contributed by atoms with Gasteiger partial charge in [0, 0.05) is 4.90 Å². The molecule has 1 aliphatic rings. The van der Waals surface area contributed by atoms with Gasteiger partial charge < -0.3 is 9.47 Å². The predicted molar refractivity (Wildman–Crippen MR) is 114 cm³/mol. The van der Waals surface area contributed by atoms with Crippen LogP contribution in [-0.4, -0.2) is 12.0 Å². The molecule has 0 fully saturated rings. The monoisotopic (exact) mass is 381 g/mol. The quantitative estimate of drug-likeness (QED) is 0.253. The average Bonchev–Trinajstić information content (AvgIpc) is 3.13. The van der Waals surface area contributed by atoms with E-state index in [4.69, 9.17) is 9.47 Å². The Hall–Kier alpha value is -1.87. The van der Waals surface area contributed by atoms with Crippen LogP contribution in [-0.2, 0) is 0 Å². The lowest BCUT2D eigenvalue weighted by Crippen LogP contribution is -2.28. The Bertz CT molecular complexity index is 688. The largest absolute Gasteiger partial charge is 0.450 e. The van der Waals surface area contributed by atoms with Crippen molar-refractivity contribution in [3.05, 3.63) is 72.7 Å². The number of rotatable bonds is 10. The van der Waals surface area contributed by atoms with E-state index in [0.29, 0.717) is 0 Å². The second-order valence-corrected chi connectivity index (χ2v) is 8.15. The molecule has 3 heteroatoms. The third-order valence-electron chi connectivity index (χ3n) is 4.65. The van der Waals surface area contributed by atoms with E-state index in [1.54, 1.807) is 0 Å². The summed E-state index contributed by atoms with van der Waals surface area (Å²) in [5.74, 6) is 4.62. The summed E-state index contributed by atoms with van der Waals surface area (Å²) in [7, 11) is 0. The Morgan fingerprint density at radius 2 is 1.70 bits per heavy atom. The van der Waals surface area contributed by atoms with Crippen LogP contribution in [0.2, 0.25) is 0 Å². The summed E-state index contributed by atoms with van der Waals surface area (Å²) in [4.78, 5) is 1.35. The van der Waals surface area contributed by atoms with Crippen molar-refractivity contribution in [3.8, 4) is 11.5 Å². The molecule has 0 N–H and O–H groups in total. The topological polar surface area (TPSA) is 18.5 Å². The second kappa shape index (κ2) is 10.5. The molecule has 0 spiro atoms. The summed E-state index contributed by atoms with van der Waals surface area (Å²) in [6.45, 7) is 4.43. The van der Waals surface area contributed by atoms with Gasteiger partial charge in [-0.25, -0.2) is 0 Å². The van der Waals surface area contributed by atoms with Crippen molar-refractivity contribution in [1.82, 2.24) is 0 Å². The molecule has 2 nitrogen and oxygen atoms in total. The first-order valence-corrected chi connectivity index (χ1v) is 10.8. The fourth-order valence-electron chi connectivity index (χ4n) is 3.24. The first-order valence-electron chi connectivity index (χ1n) is 9.84. The first-order chi connectivity index (χ1) is 13.3. The Morgan fingerprint density at radius 3 is 2.37 bits per heavy atom. The molecule has 1 heterocycles. The third-order valence-corrected chi connectivity index (χ3v) is 5.75. The maximum Gasteiger partial charge on any atom is 0.247 e. The third kappa shape index (κ3) is 6.07. The molecule has 0 saturated carbocycles. The molecule has 0 bridgehead atoms. The van der Waals surface area contributed by atoms with E-state index in [9.17, 15) is 0 Å². The lowest BCUT2D eigenvalue weighted by molar-refractivity contribution is 0.0110. The van der Waals surface area contributed by atoms with Crippen LogP contribution < -0.4 is 9.47 Å². The molecule has 1 radical (unpaired) electrons. The number of hydrogen-bond donors (Lipinski definition) is 0. The van der Waals surface area contributed by atoms with Crippen LogP contribution in [0.15, 0.2) is 71.6 Å². The lowest BCUT2D eigenvalue weighted by Gasteiger charge is -2.22. The molecule has 1 unspecified atom stereocenters. The summed E-state index contributed by atoms with van der Waals surface area (Å²) < 4.78 is 12.1. The standard InChI is InChI=1S/C24H29O2S/c1-3-4-12-20(24-25-22-15-8-9-16-23(22)26-24)18-19(2)11-10-17-27-21-13-6-5-7-14-21/h4-9,12-16,20,24H,3,10-11,17-18H2,1-2H3. The summed E-state index contributed by atoms with van der Waals surface area (Å²) in [6.07, 6.45) is 8.64. The fraction of sp³-hybridized carbons (Fsp3) is 0.375. The highest BCUT2D eigenvalue weighted by Gasteiger charge is 2.31. The molecule has 0 amide bonds. The molecule has 1 atom stereocenters. The van der Waals surface area contributed by atoms with Crippen LogP contribution >= 0.6 is 11.8 Å². The molecule has 1 aliphatic heterocycles. The predicted octanol–water partition coefficient (Wildman–Crippen LogP) is 6.92. The van der Waals surface area contributed by atoms with Gasteiger partial charge in [0.1, 0.15) is 0 Å². The highest BCUT2D eigenvalue weighted by molar-refractivity contribution is 7.99. The van der Waals surface area contributed by atoms with Gasteiger partial charge in [0.25, 0.3) is 0 Å². The summed E-state index contributed by atoms with van der Waals surface area (Å²) in [5, 5.41) is 0. The van der Waals surface area contributed by atoms with E-state index in [2.05, 4.69) is 56.3 Å². The maximum atomic E-state index is 6.06. The van der Waals surface area contributed by atoms with Gasteiger partial charge in [-0.05, 0) is 61.6 Å². The minimum absolute atomic E-state index is 0.223. The zero-order valence-electron chi connectivity index (χ0n) is 16.3. The molecular formula is C24H29O2S. The number of ether oxygens (including phenoxy) is 2. The molecule has 0 aliphatic carbocycles. The van der Waals surface area contributed by atoms with E-state index in [-0.39, 0.29) is 12.2 Å². The van der Waals surface area contributed by atoms with Crippen molar-refractivity contribution >= 4 is 11.8 Å². The maximum absolute atomic E-state index is 6.06. The van der Waals surface area contributed by atoms with Crippen LogP contribution in [0.5, 0.6) is 11.5 Å². The highest BCUT2D eigenvalue weighted by atomic mass is 32.2. The zero-order chi connectivity index (χ0) is 18.9. The number of para-hydroxylation sites is 2. The summed E-state index contributed by atoms with van der Waals surface area (Å²) in [6, 6.07) is 18.6. The average molecular weight is 382 g/mol. The van der Waals surface area contributed by atoms with Crippen LogP contribution in [0.1, 0.15) is 39.5 Å². The van der Waals surface area contributed by atoms with E-state index in [1.807, 2.05) is 36.0 Å². The molecule has 0 saturated heterocycles. The van der Waals surface area contributed by atoms with Gasteiger partial charge in [-0.1, -0.05) is 56.3 Å². The summed E-state index contributed by atoms with van der Waals surface area (Å²) in [5.41, 5.74) is 0. The minimum Gasteiger partial charge on any atom is -0.450 e. The van der Waals surface area contributed by atoms with E-state index in [1.165, 1.54) is 17.2 Å². The van der Waals surface area contributed by atoms with Gasteiger partial charge in [0.2, 0.25) is 6.29 Å². The van der Waals surface area contributed by atoms with Gasteiger partial charge >= 0.3 is 0 Å². The minimum atomic E-state index is -0.223. The van der Waals surface area contributed by atoms with E-state index >= 15 is 0 Å². The van der Waals surface area contributed by atoms with Crippen molar-refractivity contribution < 1.29 is 9.47 Å². The van der Waals surface area contributed by atoms with Crippen molar-refractivity contribution in [2.75, 3.05) is 5.75 Å². The van der Waals surface area contributed by atoms with Crippen LogP contribution in [0.3, 0.4) is 0 Å². The zero-order valence-corrected chi connectivity index (χ0v) is 17.1. The molecule has 0 aromatic heterocycles. The molecule has 2 aromatic carbocycles. The Balaban J connectivity index is 1.47. The smallest absolute Gasteiger partial charge is 0.247 e. The first kappa shape index (κ1) is 19.9. The Labute approximate surface area is 168 Å². The normalized spacial score (nSPS) is 14.9. The number of benzene rings is 2. The number of allylic oxidation sites excluding steroid dienone is 1. The van der Waals surface area contributed by atoms with Crippen molar-refractivity contribution in [1.29, 1.82) is 0 Å². The van der Waals surface area contributed by atoms with Gasteiger partial charge in [0.15, 0.2) is 11.5 Å². The van der Waals surface area contributed by atoms with Gasteiger partial charge in [0.05, 0.1) is 5.92 Å². The van der Waals surface area contributed by atoms with Gasteiger partial charge in [-0.2, -0.15) is 0 Å². The highest BCUT2D eigenvalue weighted by Crippen LogP contribution is 2.38. The van der Waals surface area contributed by atoms with E-state index in [0.717, 1.165) is 36.5 Å². The Morgan fingerprint density at radius 1 is 1.04 bits per heavy atom. The molecular weight excluding hydrogens is 352 g/mol. The molecule has 27 heavy (non-hydrogen) atoms. The van der Waals surface area contributed by atoms with Crippen LogP contribution in [0.25, 0.3) is 0 Å². The SMILES string of the molecule is CCC=CC(C[C](C)CCCSc1ccccc1)C1Oc2ccccc2O1. The van der Waals surface area contributed by atoms with Crippen molar-refractivity contribution in [3.63, 3.8) is 0 Å². The molecule has 3 rings (SSSR count). The molecule has 2 aromatic rings. The van der Waals surface area contributed by atoms with Crippen LogP contribution in [0, 0.1) is 11.8 Å². The number of fused-ring (bicyclic) bond motifs is 1.